The molecule has 1 aromatic carbocycles. The summed E-state index contributed by atoms with van der Waals surface area (Å²) in [5, 5.41) is 0. The topological polar surface area (TPSA) is 35.2 Å². The van der Waals surface area contributed by atoms with Gasteiger partial charge in [0.25, 0.3) is 0 Å². The van der Waals surface area contributed by atoms with E-state index < -0.39 is 0 Å². The number of ether oxygens (including phenoxy) is 1. The predicted octanol–water partition coefficient (Wildman–Crippen LogP) is 2.54. The number of benzene rings is 1. The Balaban J connectivity index is 1.74. The number of aryl methyl sites for hydroxylation is 1. The van der Waals surface area contributed by atoms with Crippen molar-refractivity contribution in [3.63, 3.8) is 0 Å². The second-order valence-corrected chi connectivity index (χ2v) is 5.27. The van der Waals surface area contributed by atoms with Crippen molar-refractivity contribution in [2.45, 2.75) is 26.2 Å². The van der Waals surface area contributed by atoms with Crippen molar-refractivity contribution in [2.75, 3.05) is 19.8 Å². The fraction of sp³-hybridized carbons (Fsp3) is 0.600. The van der Waals surface area contributed by atoms with Gasteiger partial charge in [0, 0.05) is 6.61 Å². The van der Waals surface area contributed by atoms with Gasteiger partial charge in [-0.15, -0.1) is 0 Å². The van der Waals surface area contributed by atoms with Crippen LogP contribution in [-0.4, -0.2) is 19.8 Å². The molecule has 1 aliphatic rings. The molecule has 2 rings (SSSR count). The number of hydrogen-bond acceptors (Lipinski definition) is 2. The van der Waals surface area contributed by atoms with Crippen molar-refractivity contribution in [1.29, 1.82) is 0 Å². The summed E-state index contributed by atoms with van der Waals surface area (Å²) in [5.74, 6) is 1.30. The molecule has 2 N–H and O–H groups in total. The Morgan fingerprint density at radius 3 is 2.59 bits per heavy atom. The van der Waals surface area contributed by atoms with Gasteiger partial charge >= 0.3 is 0 Å². The highest BCUT2D eigenvalue weighted by Crippen LogP contribution is 2.28. The van der Waals surface area contributed by atoms with E-state index in [-0.39, 0.29) is 0 Å². The van der Waals surface area contributed by atoms with Gasteiger partial charge in [0.1, 0.15) is 0 Å². The lowest BCUT2D eigenvalue weighted by Gasteiger charge is -2.15. The molecule has 1 atom stereocenters. The molecule has 0 bridgehead atoms. The minimum absolute atomic E-state index is 0.455. The van der Waals surface area contributed by atoms with Gasteiger partial charge in [-0.1, -0.05) is 29.8 Å². The highest BCUT2D eigenvalue weighted by molar-refractivity contribution is 5.21. The molecule has 17 heavy (non-hydrogen) atoms. The fourth-order valence-corrected chi connectivity index (χ4v) is 1.95. The van der Waals surface area contributed by atoms with Crippen molar-refractivity contribution in [1.82, 2.24) is 0 Å². The number of nitrogens with two attached hydrogens (primary N) is 1. The van der Waals surface area contributed by atoms with Gasteiger partial charge in [0.2, 0.25) is 0 Å². The second kappa shape index (κ2) is 6.18. The largest absolute Gasteiger partial charge is 0.381 e. The van der Waals surface area contributed by atoms with E-state index in [1.165, 1.54) is 24.0 Å². The molecule has 0 heterocycles. The first-order chi connectivity index (χ1) is 8.28. The lowest BCUT2D eigenvalue weighted by molar-refractivity contribution is 0.0934. The van der Waals surface area contributed by atoms with E-state index in [1.807, 2.05) is 0 Å². The van der Waals surface area contributed by atoms with E-state index in [0.717, 1.165) is 25.6 Å². The Labute approximate surface area is 104 Å². The SMILES string of the molecule is Cc1ccc(CC(CN)COCC2CC2)cc1. The van der Waals surface area contributed by atoms with Crippen molar-refractivity contribution < 1.29 is 4.74 Å². The summed E-state index contributed by atoms with van der Waals surface area (Å²) in [5.41, 5.74) is 8.47. The Hall–Kier alpha value is -0.860. The Morgan fingerprint density at radius 1 is 1.29 bits per heavy atom. The van der Waals surface area contributed by atoms with Crippen LogP contribution in [0.15, 0.2) is 24.3 Å². The molecule has 0 saturated heterocycles. The summed E-state index contributed by atoms with van der Waals surface area (Å²) in [6, 6.07) is 8.71. The molecule has 0 spiro atoms. The van der Waals surface area contributed by atoms with Gasteiger partial charge in [0.05, 0.1) is 6.61 Å². The van der Waals surface area contributed by atoms with E-state index in [4.69, 9.17) is 10.5 Å². The first-order valence-electron chi connectivity index (χ1n) is 6.61. The van der Waals surface area contributed by atoms with Crippen LogP contribution in [0.2, 0.25) is 0 Å². The Bertz CT molecular complexity index is 329. The van der Waals surface area contributed by atoms with Crippen LogP contribution in [0.4, 0.5) is 0 Å². The standard InChI is InChI=1S/C15H23NO/c1-12-2-4-13(5-3-12)8-15(9-16)11-17-10-14-6-7-14/h2-5,14-15H,6-11,16H2,1H3. The van der Waals surface area contributed by atoms with Gasteiger partial charge in [-0.2, -0.15) is 0 Å². The van der Waals surface area contributed by atoms with E-state index >= 15 is 0 Å². The van der Waals surface area contributed by atoms with Crippen LogP contribution >= 0.6 is 0 Å². The monoisotopic (exact) mass is 233 g/mol. The second-order valence-electron chi connectivity index (χ2n) is 5.27. The van der Waals surface area contributed by atoms with Crippen LogP contribution < -0.4 is 5.73 Å². The third kappa shape index (κ3) is 4.49. The van der Waals surface area contributed by atoms with Gasteiger partial charge in [-0.3, -0.25) is 0 Å². The van der Waals surface area contributed by atoms with Gasteiger partial charge in [-0.25, -0.2) is 0 Å². The van der Waals surface area contributed by atoms with E-state index in [9.17, 15) is 0 Å². The third-order valence-electron chi connectivity index (χ3n) is 3.38. The van der Waals surface area contributed by atoms with Crippen LogP contribution in [0.5, 0.6) is 0 Å². The van der Waals surface area contributed by atoms with Crippen molar-refractivity contribution >= 4 is 0 Å². The zero-order chi connectivity index (χ0) is 12.1. The summed E-state index contributed by atoms with van der Waals surface area (Å²) >= 11 is 0. The van der Waals surface area contributed by atoms with Crippen molar-refractivity contribution in [2.24, 2.45) is 17.6 Å². The lowest BCUT2D eigenvalue weighted by Crippen LogP contribution is -2.22. The highest BCUT2D eigenvalue weighted by atomic mass is 16.5. The van der Waals surface area contributed by atoms with Crippen LogP contribution in [0.25, 0.3) is 0 Å². The van der Waals surface area contributed by atoms with Crippen LogP contribution in [0.3, 0.4) is 0 Å². The predicted molar refractivity (Wildman–Crippen MR) is 71.0 cm³/mol. The minimum atomic E-state index is 0.455. The summed E-state index contributed by atoms with van der Waals surface area (Å²) in [7, 11) is 0. The first kappa shape index (κ1) is 12.6. The molecule has 1 saturated carbocycles. The molecular formula is C15H23NO. The van der Waals surface area contributed by atoms with Gasteiger partial charge in [-0.05, 0) is 50.1 Å². The summed E-state index contributed by atoms with van der Waals surface area (Å²) in [6.07, 6.45) is 3.73. The molecule has 0 radical (unpaired) electrons. The van der Waals surface area contributed by atoms with E-state index in [2.05, 4.69) is 31.2 Å². The molecule has 2 heteroatoms. The molecule has 94 valence electrons. The maximum Gasteiger partial charge on any atom is 0.0509 e. The molecule has 0 aliphatic heterocycles. The van der Waals surface area contributed by atoms with Crippen LogP contribution in [0.1, 0.15) is 24.0 Å². The first-order valence-corrected chi connectivity index (χ1v) is 6.61. The summed E-state index contributed by atoms with van der Waals surface area (Å²) in [4.78, 5) is 0. The fourth-order valence-electron chi connectivity index (χ4n) is 1.95. The summed E-state index contributed by atoms with van der Waals surface area (Å²) < 4.78 is 5.73. The normalized spacial score (nSPS) is 17.1. The average Bonchev–Trinajstić information content (AvgIpc) is 3.14. The third-order valence-corrected chi connectivity index (χ3v) is 3.38. The quantitative estimate of drug-likeness (QED) is 0.785. The summed E-state index contributed by atoms with van der Waals surface area (Å²) in [6.45, 7) is 4.56. The number of hydrogen-bond donors (Lipinski definition) is 1. The number of rotatable bonds is 7. The van der Waals surface area contributed by atoms with Gasteiger partial charge in [0.15, 0.2) is 0 Å². The maximum atomic E-state index is 5.80. The van der Waals surface area contributed by atoms with Crippen molar-refractivity contribution in [3.8, 4) is 0 Å². The lowest BCUT2D eigenvalue weighted by atomic mass is 9.99. The van der Waals surface area contributed by atoms with E-state index in [0.29, 0.717) is 12.5 Å². The smallest absolute Gasteiger partial charge is 0.0509 e. The Morgan fingerprint density at radius 2 is 2.00 bits per heavy atom. The minimum Gasteiger partial charge on any atom is -0.381 e. The molecular weight excluding hydrogens is 210 g/mol. The molecule has 0 amide bonds. The van der Waals surface area contributed by atoms with Gasteiger partial charge < -0.3 is 10.5 Å². The molecule has 1 aromatic rings. The maximum absolute atomic E-state index is 5.80. The zero-order valence-corrected chi connectivity index (χ0v) is 10.7. The molecule has 1 aliphatic carbocycles. The van der Waals surface area contributed by atoms with E-state index in [1.54, 1.807) is 0 Å². The molecule has 1 unspecified atom stereocenters. The highest BCUT2D eigenvalue weighted by Gasteiger charge is 2.21. The van der Waals surface area contributed by atoms with Crippen molar-refractivity contribution in [3.05, 3.63) is 35.4 Å². The zero-order valence-electron chi connectivity index (χ0n) is 10.7. The van der Waals surface area contributed by atoms with Crippen LogP contribution in [-0.2, 0) is 11.2 Å². The van der Waals surface area contributed by atoms with Crippen LogP contribution in [0, 0.1) is 18.8 Å². The molecule has 2 nitrogen and oxygen atoms in total. The molecule has 0 aromatic heterocycles. The molecule has 1 fully saturated rings. The average molecular weight is 233 g/mol. The Kier molecular flexibility index (Phi) is 4.57.